The van der Waals surface area contributed by atoms with Crippen LogP contribution in [0.25, 0.3) is 11.1 Å². The molecule has 0 aliphatic carbocycles. The van der Waals surface area contributed by atoms with Crippen molar-refractivity contribution >= 4 is 12.6 Å². The molecule has 0 N–H and O–H groups in total. The number of ether oxygens (including phenoxy) is 2. The van der Waals surface area contributed by atoms with Crippen LogP contribution >= 0.6 is 0 Å². The van der Waals surface area contributed by atoms with Crippen molar-refractivity contribution in [3.05, 3.63) is 47.0 Å². The van der Waals surface area contributed by atoms with E-state index in [2.05, 4.69) is 85.7 Å². The quantitative estimate of drug-likeness (QED) is 0.214. The van der Waals surface area contributed by atoms with Gasteiger partial charge < -0.3 is 18.8 Å². The monoisotopic (exact) mass is 534 g/mol. The number of aryl methyl sites for hydroxylation is 2. The molecule has 2 heterocycles. The summed E-state index contributed by atoms with van der Waals surface area (Å²) in [6.07, 6.45) is 10.0. The van der Waals surface area contributed by atoms with Crippen LogP contribution in [0.3, 0.4) is 0 Å². The molecule has 214 valence electrons. The Morgan fingerprint density at radius 2 is 1.69 bits per heavy atom. The number of hydrogen-bond donors (Lipinski definition) is 0. The fourth-order valence-corrected chi connectivity index (χ4v) is 5.71. The van der Waals surface area contributed by atoms with Gasteiger partial charge in [-0.1, -0.05) is 69.9 Å². The molecular weight excluding hydrogens is 483 g/mol. The lowest BCUT2D eigenvalue weighted by Crippen LogP contribution is -2.41. The van der Waals surface area contributed by atoms with Crippen molar-refractivity contribution < 1.29 is 18.8 Å². The molecule has 0 amide bonds. The summed E-state index contributed by atoms with van der Waals surface area (Å²) in [6.45, 7) is 18.2. The van der Waals surface area contributed by atoms with Crippen LogP contribution in [-0.2, 0) is 20.5 Å². The average Bonchev–Trinajstić information content (AvgIpc) is 3.12. The van der Waals surface area contributed by atoms with Crippen LogP contribution < -0.4 is 10.2 Å². The zero-order valence-electron chi connectivity index (χ0n) is 25.8. The minimum atomic E-state index is -0.501. The van der Waals surface area contributed by atoms with Crippen molar-refractivity contribution in [1.82, 2.24) is 0 Å². The molecule has 0 radical (unpaired) electrons. The van der Waals surface area contributed by atoms with Crippen LogP contribution in [0.5, 0.6) is 5.75 Å². The van der Waals surface area contributed by atoms with Gasteiger partial charge in [-0.15, -0.1) is 0 Å². The minimum Gasteiger partial charge on any atom is -0.465 e. The summed E-state index contributed by atoms with van der Waals surface area (Å²) in [7, 11) is -0.501. The largest absolute Gasteiger partial charge is 0.498 e. The van der Waals surface area contributed by atoms with Crippen LogP contribution in [0.2, 0.25) is 0 Å². The zero-order chi connectivity index (χ0) is 28.2. The molecule has 2 aliphatic heterocycles. The first-order valence-corrected chi connectivity index (χ1v) is 15.5. The van der Waals surface area contributed by atoms with Crippen molar-refractivity contribution in [2.45, 2.75) is 137 Å². The molecule has 2 unspecified atom stereocenters. The van der Waals surface area contributed by atoms with Crippen LogP contribution in [-0.4, -0.2) is 31.2 Å². The number of benzene rings is 2. The summed E-state index contributed by atoms with van der Waals surface area (Å²) in [5, 5.41) is 0. The van der Waals surface area contributed by atoms with Crippen LogP contribution in [0.1, 0.15) is 122 Å². The molecule has 2 fully saturated rings. The predicted molar refractivity (Wildman–Crippen MR) is 163 cm³/mol. The van der Waals surface area contributed by atoms with E-state index in [0.29, 0.717) is 5.92 Å². The molecule has 2 aromatic carbocycles. The van der Waals surface area contributed by atoms with Crippen molar-refractivity contribution in [3.63, 3.8) is 0 Å². The van der Waals surface area contributed by atoms with E-state index in [4.69, 9.17) is 18.8 Å². The van der Waals surface area contributed by atoms with Crippen molar-refractivity contribution in [2.24, 2.45) is 0 Å². The molecule has 4 nitrogen and oxygen atoms in total. The maximum atomic E-state index is 6.78. The van der Waals surface area contributed by atoms with Gasteiger partial charge in [0.1, 0.15) is 5.75 Å². The fraction of sp³-hybridized carbons (Fsp3) is 0.647. The van der Waals surface area contributed by atoms with Gasteiger partial charge in [-0.05, 0) is 95.4 Å². The Morgan fingerprint density at radius 1 is 0.949 bits per heavy atom. The maximum absolute atomic E-state index is 6.78. The zero-order valence-corrected chi connectivity index (χ0v) is 25.8. The second-order valence-corrected chi connectivity index (χ2v) is 12.8. The lowest BCUT2D eigenvalue weighted by Gasteiger charge is -2.32. The lowest BCUT2D eigenvalue weighted by atomic mass is 9.75. The first-order chi connectivity index (χ1) is 18.5. The second kappa shape index (κ2) is 12.8. The highest BCUT2D eigenvalue weighted by Gasteiger charge is 2.53. The number of unbranched alkanes of at least 4 members (excludes halogenated alkanes) is 2. The van der Waals surface area contributed by atoms with Gasteiger partial charge >= 0.3 is 7.12 Å². The van der Waals surface area contributed by atoms with Gasteiger partial charge in [0, 0.05) is 17.4 Å². The van der Waals surface area contributed by atoms with E-state index in [1.54, 1.807) is 0 Å². The maximum Gasteiger partial charge on any atom is 0.498 e. The highest BCUT2D eigenvalue weighted by atomic mass is 16.7. The lowest BCUT2D eigenvalue weighted by molar-refractivity contribution is -0.105. The molecule has 0 aromatic heterocycles. The van der Waals surface area contributed by atoms with E-state index in [1.807, 2.05) is 0 Å². The third-order valence-corrected chi connectivity index (χ3v) is 8.84. The van der Waals surface area contributed by atoms with Crippen molar-refractivity contribution in [2.75, 3.05) is 6.61 Å². The Balaban J connectivity index is 1.84. The molecule has 39 heavy (non-hydrogen) atoms. The highest BCUT2D eigenvalue weighted by Crippen LogP contribution is 2.40. The molecule has 0 saturated carbocycles. The molecule has 2 saturated heterocycles. The van der Waals surface area contributed by atoms with Gasteiger partial charge in [0.05, 0.1) is 17.8 Å². The van der Waals surface area contributed by atoms with E-state index < -0.39 is 18.3 Å². The topological polar surface area (TPSA) is 36.9 Å². The van der Waals surface area contributed by atoms with E-state index in [1.165, 1.54) is 54.4 Å². The number of hydrogen-bond acceptors (Lipinski definition) is 4. The standard InChI is InChI=1S/C34H51BO4/c1-9-11-12-16-26-21-27(25(4)15-10-2)23-28(22-26)29-19-24(3)20-30(32(29)37-31-17-13-14-18-36-31)35-38-33(5,6)34(7,8)39-35/h19-23,25,31H,9-18H2,1-8H3. The highest BCUT2D eigenvalue weighted by molar-refractivity contribution is 6.63. The Morgan fingerprint density at radius 3 is 2.33 bits per heavy atom. The molecule has 2 aromatic rings. The van der Waals surface area contributed by atoms with Gasteiger partial charge in [0.2, 0.25) is 0 Å². The van der Waals surface area contributed by atoms with E-state index in [9.17, 15) is 0 Å². The van der Waals surface area contributed by atoms with Gasteiger partial charge in [0.25, 0.3) is 0 Å². The van der Waals surface area contributed by atoms with Crippen LogP contribution in [0.4, 0.5) is 0 Å². The van der Waals surface area contributed by atoms with Crippen molar-refractivity contribution in [1.29, 1.82) is 0 Å². The Bertz CT molecular complexity index is 1090. The average molecular weight is 535 g/mol. The van der Waals surface area contributed by atoms with E-state index >= 15 is 0 Å². The molecule has 2 atom stereocenters. The molecule has 0 bridgehead atoms. The fourth-order valence-electron chi connectivity index (χ4n) is 5.71. The summed E-state index contributed by atoms with van der Waals surface area (Å²) < 4.78 is 26.0. The molecule has 2 aliphatic rings. The summed E-state index contributed by atoms with van der Waals surface area (Å²) >= 11 is 0. The normalized spacial score (nSPS) is 21.2. The number of rotatable bonds is 11. The van der Waals surface area contributed by atoms with Crippen LogP contribution in [0.15, 0.2) is 30.3 Å². The van der Waals surface area contributed by atoms with Gasteiger partial charge in [-0.25, -0.2) is 0 Å². The first-order valence-electron chi connectivity index (χ1n) is 15.5. The van der Waals surface area contributed by atoms with E-state index in [-0.39, 0.29) is 6.29 Å². The predicted octanol–water partition coefficient (Wildman–Crippen LogP) is 8.50. The van der Waals surface area contributed by atoms with E-state index in [0.717, 1.165) is 49.1 Å². The molecule has 4 rings (SSSR count). The molecular formula is C34H51BO4. The third kappa shape index (κ3) is 7.10. The molecule has 0 spiro atoms. The third-order valence-electron chi connectivity index (χ3n) is 8.84. The second-order valence-electron chi connectivity index (χ2n) is 12.8. The van der Waals surface area contributed by atoms with Gasteiger partial charge in [-0.2, -0.15) is 0 Å². The smallest absolute Gasteiger partial charge is 0.465 e. The van der Waals surface area contributed by atoms with Crippen molar-refractivity contribution in [3.8, 4) is 16.9 Å². The Hall–Kier alpha value is -1.82. The Labute approximate surface area is 238 Å². The summed E-state index contributed by atoms with van der Waals surface area (Å²) in [6, 6.07) is 11.7. The summed E-state index contributed by atoms with van der Waals surface area (Å²) in [4.78, 5) is 0. The first kappa shape index (κ1) is 30.2. The minimum absolute atomic E-state index is 0.257. The van der Waals surface area contributed by atoms with Crippen LogP contribution in [0, 0.1) is 6.92 Å². The molecule has 5 heteroatoms. The summed E-state index contributed by atoms with van der Waals surface area (Å²) in [5.41, 5.74) is 6.43. The SMILES string of the molecule is CCCCCc1cc(-c2cc(C)cc(B3OC(C)(C)C(C)(C)O3)c2OC2CCCCO2)cc(C(C)CCC)c1. The Kier molecular flexibility index (Phi) is 9.89. The van der Waals surface area contributed by atoms with Gasteiger partial charge in [0.15, 0.2) is 6.29 Å². The van der Waals surface area contributed by atoms with Gasteiger partial charge in [-0.3, -0.25) is 0 Å². The summed E-state index contributed by atoms with van der Waals surface area (Å²) in [5.74, 6) is 1.35.